The summed E-state index contributed by atoms with van der Waals surface area (Å²) in [6.07, 6.45) is -6.44. The lowest BCUT2D eigenvalue weighted by molar-refractivity contribution is -0.117. The van der Waals surface area contributed by atoms with Crippen LogP contribution in [0.25, 0.3) is 0 Å². The Morgan fingerprint density at radius 3 is 2.47 bits per heavy atom. The van der Waals surface area contributed by atoms with Crippen LogP contribution in [0.1, 0.15) is 32.8 Å². The van der Waals surface area contributed by atoms with Crippen molar-refractivity contribution in [2.45, 2.75) is 51.7 Å². The maximum atomic E-state index is 15.5. The Labute approximate surface area is 204 Å². The Hall–Kier alpha value is -3.43. The number of hydrogen-bond donors (Lipinski definition) is 3. The van der Waals surface area contributed by atoms with Gasteiger partial charge in [-0.1, -0.05) is 0 Å². The van der Waals surface area contributed by atoms with E-state index in [1.807, 2.05) is 0 Å². The van der Waals surface area contributed by atoms with Gasteiger partial charge in [0, 0.05) is 37.6 Å². The second kappa shape index (κ2) is 9.55. The van der Waals surface area contributed by atoms with E-state index in [2.05, 4.69) is 0 Å². The van der Waals surface area contributed by atoms with Crippen molar-refractivity contribution in [3.05, 3.63) is 17.4 Å². The van der Waals surface area contributed by atoms with Crippen molar-refractivity contribution in [2.75, 3.05) is 28.8 Å². The first-order chi connectivity index (χ1) is 16.5. The number of carboxylic acid groups (broad SMARTS) is 1. The van der Waals surface area contributed by atoms with Crippen LogP contribution in [-0.2, 0) is 26.2 Å². The van der Waals surface area contributed by atoms with Crippen molar-refractivity contribution in [2.24, 2.45) is 0 Å². The van der Waals surface area contributed by atoms with Gasteiger partial charge in [-0.2, -0.15) is 8.42 Å². The van der Waals surface area contributed by atoms with E-state index in [0.29, 0.717) is 9.21 Å². The van der Waals surface area contributed by atoms with Crippen LogP contribution in [-0.4, -0.2) is 79.3 Å². The van der Waals surface area contributed by atoms with Crippen LogP contribution in [0.4, 0.5) is 34.1 Å². The van der Waals surface area contributed by atoms with Gasteiger partial charge in [-0.15, -0.1) is 0 Å². The number of anilines is 2. The van der Waals surface area contributed by atoms with Crippen LogP contribution in [0, 0.1) is 5.82 Å². The van der Waals surface area contributed by atoms with Gasteiger partial charge in [0.25, 0.3) is 5.91 Å². The average Bonchev–Trinajstić information content (AvgIpc) is 3.19. The molecule has 1 atom stereocenters. The lowest BCUT2D eigenvalue weighted by Crippen LogP contribution is -2.48. The molecule has 0 radical (unpaired) electrons. The van der Waals surface area contributed by atoms with Crippen molar-refractivity contribution >= 4 is 39.7 Å². The van der Waals surface area contributed by atoms with Gasteiger partial charge in [-0.3, -0.25) is 9.69 Å². The van der Waals surface area contributed by atoms with Crippen LogP contribution in [0.5, 0.6) is 5.75 Å². The van der Waals surface area contributed by atoms with Gasteiger partial charge in [0.15, 0.2) is 5.82 Å². The summed E-state index contributed by atoms with van der Waals surface area (Å²) in [6.45, 7) is 2.91. The molecule has 3 N–H and O–H groups in total. The first kappa shape index (κ1) is 27.2. The number of fused-ring (bicyclic) bond motifs is 1. The fourth-order valence-electron chi connectivity index (χ4n) is 3.97. The van der Waals surface area contributed by atoms with E-state index < -0.39 is 89.7 Å². The molecular formula is C20H25F3N4O8S. The van der Waals surface area contributed by atoms with Crippen LogP contribution in [0.15, 0.2) is 6.07 Å². The number of aromatic hydroxyl groups is 1. The molecule has 16 heteroatoms. The minimum absolute atomic E-state index is 0.303. The maximum absolute atomic E-state index is 15.5. The molecule has 0 saturated carbocycles. The molecule has 0 aliphatic carbocycles. The molecule has 36 heavy (non-hydrogen) atoms. The number of ether oxygens (including phenoxy) is 1. The van der Waals surface area contributed by atoms with E-state index in [0.717, 1.165) is 11.0 Å². The predicted octanol–water partition coefficient (Wildman–Crippen LogP) is 2.01. The van der Waals surface area contributed by atoms with Gasteiger partial charge in [0.05, 0.1) is 11.7 Å². The van der Waals surface area contributed by atoms with Crippen LogP contribution in [0.2, 0.25) is 0 Å². The summed E-state index contributed by atoms with van der Waals surface area (Å²) in [5, 5.41) is 20.2. The van der Waals surface area contributed by atoms with E-state index in [9.17, 15) is 41.8 Å². The third-order valence-electron chi connectivity index (χ3n) is 5.34. The van der Waals surface area contributed by atoms with Gasteiger partial charge in [0.2, 0.25) is 6.43 Å². The Bertz CT molecular complexity index is 1190. The third-order valence-corrected chi connectivity index (χ3v) is 6.72. The summed E-state index contributed by atoms with van der Waals surface area (Å²) in [5.74, 6) is -3.19. The molecule has 1 aromatic carbocycles. The zero-order valence-corrected chi connectivity index (χ0v) is 20.3. The quantitative estimate of drug-likeness (QED) is 0.497. The van der Waals surface area contributed by atoms with E-state index in [1.165, 1.54) is 0 Å². The van der Waals surface area contributed by atoms with Gasteiger partial charge in [-0.05, 0) is 20.8 Å². The fourth-order valence-corrected chi connectivity index (χ4v) is 5.13. The number of halogens is 3. The van der Waals surface area contributed by atoms with E-state index in [1.54, 1.807) is 25.5 Å². The highest BCUT2D eigenvalue weighted by Crippen LogP contribution is 2.44. The van der Waals surface area contributed by atoms with E-state index in [-0.39, 0.29) is 17.7 Å². The summed E-state index contributed by atoms with van der Waals surface area (Å²) < 4.78 is 72.8. The molecule has 0 unspecified atom stereocenters. The molecule has 3 amide bonds. The number of amides is 3. The molecule has 2 heterocycles. The number of nitrogens with zero attached hydrogens (tertiary/aromatic N) is 3. The van der Waals surface area contributed by atoms with Crippen molar-refractivity contribution in [1.29, 1.82) is 0 Å². The summed E-state index contributed by atoms with van der Waals surface area (Å²) in [4.78, 5) is 37.8. The number of carbonyl (C=O) groups is 3. The number of alkyl halides is 2. The lowest BCUT2D eigenvalue weighted by atomic mass is 10.1. The summed E-state index contributed by atoms with van der Waals surface area (Å²) >= 11 is 0. The molecule has 12 nitrogen and oxygen atoms in total. The SMILES string of the molecule is CC(C)(C)OC(=O)N(CCC(F)F)C[C@H]1Cc2c(cc(O)c(N3CC(=O)NS3(=O)=O)c2F)N1C(=O)O. The standard InChI is InChI=1S/C20H25F3N4O8S/c1-20(2,3)35-19(32)25(5-4-14(21)22)8-10-6-11-12(27(10)18(30)31)7-13(28)17(16(11)23)26-9-15(29)24-36(26,33)34/h7,10,14,28H,4-6,8-9H2,1-3H3,(H,24,29)(H,30,31)/t10-/m1/s1. The highest BCUT2D eigenvalue weighted by atomic mass is 32.2. The van der Waals surface area contributed by atoms with Crippen molar-refractivity contribution in [1.82, 2.24) is 9.62 Å². The Morgan fingerprint density at radius 2 is 1.97 bits per heavy atom. The van der Waals surface area contributed by atoms with Crippen molar-refractivity contribution < 1.29 is 50.9 Å². The van der Waals surface area contributed by atoms with Crippen LogP contribution < -0.4 is 13.9 Å². The number of phenolic OH excluding ortho intramolecular Hbond substituents is 1. The average molecular weight is 539 g/mol. The lowest BCUT2D eigenvalue weighted by Gasteiger charge is -2.31. The molecule has 3 rings (SSSR count). The molecule has 2 aliphatic heterocycles. The van der Waals surface area contributed by atoms with Gasteiger partial charge >= 0.3 is 22.4 Å². The highest BCUT2D eigenvalue weighted by Gasteiger charge is 2.43. The zero-order valence-electron chi connectivity index (χ0n) is 19.5. The molecule has 0 bridgehead atoms. The van der Waals surface area contributed by atoms with E-state index in [4.69, 9.17) is 4.74 Å². The number of carbonyl (C=O) groups excluding carboxylic acids is 2. The Balaban J connectivity index is 1.98. The molecule has 0 spiro atoms. The van der Waals surface area contributed by atoms with E-state index >= 15 is 4.39 Å². The number of benzene rings is 1. The second-order valence-electron chi connectivity index (χ2n) is 9.21. The van der Waals surface area contributed by atoms with Gasteiger partial charge in [0.1, 0.15) is 23.6 Å². The van der Waals surface area contributed by atoms with Crippen molar-refractivity contribution in [3.63, 3.8) is 0 Å². The number of hydrogen-bond acceptors (Lipinski definition) is 7. The summed E-state index contributed by atoms with van der Waals surface area (Å²) in [6, 6.07) is -0.348. The summed E-state index contributed by atoms with van der Waals surface area (Å²) in [5.41, 5.74) is -2.45. The Morgan fingerprint density at radius 1 is 1.33 bits per heavy atom. The monoisotopic (exact) mass is 538 g/mol. The smallest absolute Gasteiger partial charge is 0.412 e. The zero-order chi connectivity index (χ0) is 27.2. The molecule has 1 fully saturated rings. The van der Waals surface area contributed by atoms with Crippen LogP contribution >= 0.6 is 0 Å². The molecule has 1 saturated heterocycles. The number of rotatable bonds is 6. The number of nitrogens with one attached hydrogen (secondary N) is 1. The Kier molecular flexibility index (Phi) is 7.21. The minimum Gasteiger partial charge on any atom is -0.506 e. The molecule has 0 aromatic heterocycles. The van der Waals surface area contributed by atoms with Gasteiger partial charge < -0.3 is 19.8 Å². The first-order valence-corrected chi connectivity index (χ1v) is 12.1. The summed E-state index contributed by atoms with van der Waals surface area (Å²) in [7, 11) is -4.49. The molecule has 1 aromatic rings. The second-order valence-corrected chi connectivity index (χ2v) is 10.8. The normalized spacial score (nSPS) is 18.9. The molecule has 200 valence electrons. The van der Waals surface area contributed by atoms with Gasteiger partial charge in [-0.25, -0.2) is 31.8 Å². The highest BCUT2D eigenvalue weighted by molar-refractivity contribution is 7.92. The van der Waals surface area contributed by atoms with Crippen LogP contribution in [0.3, 0.4) is 0 Å². The minimum atomic E-state index is -4.49. The first-order valence-electron chi connectivity index (χ1n) is 10.7. The molecule has 2 aliphatic rings. The predicted molar refractivity (Wildman–Crippen MR) is 119 cm³/mol. The molecular weight excluding hydrogens is 513 g/mol. The largest absolute Gasteiger partial charge is 0.506 e. The number of phenols is 1. The maximum Gasteiger partial charge on any atom is 0.412 e. The third kappa shape index (κ3) is 5.52. The topological polar surface area (TPSA) is 157 Å². The fraction of sp³-hybridized carbons (Fsp3) is 0.550. The van der Waals surface area contributed by atoms with Crippen molar-refractivity contribution in [3.8, 4) is 5.75 Å².